The van der Waals surface area contributed by atoms with Crippen molar-refractivity contribution in [1.82, 2.24) is 4.98 Å². The Bertz CT molecular complexity index is 1050. The number of aromatic nitrogens is 1. The van der Waals surface area contributed by atoms with Gasteiger partial charge in [-0.15, -0.1) is 11.3 Å². The van der Waals surface area contributed by atoms with Gasteiger partial charge in [-0.05, 0) is 12.1 Å². The molecule has 0 amide bonds. The third-order valence-corrected chi connectivity index (χ3v) is 5.83. The Morgan fingerprint density at radius 3 is 2.52 bits per heavy atom. The number of nitrogens with one attached hydrogen (secondary N) is 1. The summed E-state index contributed by atoms with van der Waals surface area (Å²) in [5.74, 6) is 0. The van der Waals surface area contributed by atoms with E-state index in [0.717, 1.165) is 17.4 Å². The zero-order chi connectivity index (χ0) is 18.0. The fraction of sp³-hybridized carbons (Fsp3) is 0. The summed E-state index contributed by atoms with van der Waals surface area (Å²) in [6.45, 7) is 0. The molecule has 0 radical (unpaired) electrons. The Morgan fingerprint density at radius 1 is 1.12 bits per heavy atom. The van der Waals surface area contributed by atoms with E-state index in [1.807, 2.05) is 0 Å². The number of benzene rings is 2. The predicted octanol–water partition coefficient (Wildman–Crippen LogP) is 4.17. The highest BCUT2D eigenvalue weighted by molar-refractivity contribution is 7.93. The second-order valence-electron chi connectivity index (χ2n) is 4.85. The third-order valence-electron chi connectivity index (χ3n) is 3.23. The molecule has 1 aromatic heterocycles. The molecule has 0 atom stereocenters. The van der Waals surface area contributed by atoms with Crippen molar-refractivity contribution in [2.24, 2.45) is 0 Å². The summed E-state index contributed by atoms with van der Waals surface area (Å²) in [5, 5.41) is 13.3. The number of nitro groups is 1. The molecule has 0 unspecified atom stereocenters. The number of para-hydroxylation sites is 1. The van der Waals surface area contributed by atoms with E-state index in [4.69, 9.17) is 11.6 Å². The molecule has 1 N–H and O–H groups in total. The summed E-state index contributed by atoms with van der Waals surface area (Å²) in [5.41, 5.74) is 0.672. The van der Waals surface area contributed by atoms with Crippen molar-refractivity contribution in [2.75, 3.05) is 4.72 Å². The van der Waals surface area contributed by atoms with Crippen LogP contribution < -0.4 is 4.72 Å². The summed E-state index contributed by atoms with van der Waals surface area (Å²) in [4.78, 5) is 14.1. The van der Waals surface area contributed by atoms with Gasteiger partial charge in [-0.2, -0.15) is 0 Å². The lowest BCUT2D eigenvalue weighted by atomic mass is 10.2. The van der Waals surface area contributed by atoms with Gasteiger partial charge in [0.05, 0.1) is 10.6 Å². The Labute approximate surface area is 152 Å². The van der Waals surface area contributed by atoms with E-state index in [2.05, 4.69) is 9.71 Å². The molecule has 0 aliphatic heterocycles. The van der Waals surface area contributed by atoms with Crippen LogP contribution in [0.1, 0.15) is 0 Å². The number of nitro benzene ring substituents is 1. The van der Waals surface area contributed by atoms with Crippen molar-refractivity contribution >= 4 is 43.8 Å². The Balaban J connectivity index is 1.93. The molecule has 3 aromatic rings. The topological polar surface area (TPSA) is 102 Å². The quantitative estimate of drug-likeness (QED) is 0.515. The third kappa shape index (κ3) is 3.63. The largest absolute Gasteiger partial charge is 0.289 e. The minimum Gasteiger partial charge on any atom is -0.258 e. The number of hydrogen-bond donors (Lipinski definition) is 1. The monoisotopic (exact) mass is 395 g/mol. The van der Waals surface area contributed by atoms with Crippen molar-refractivity contribution in [3.05, 3.63) is 69.0 Å². The minimum atomic E-state index is -4.14. The van der Waals surface area contributed by atoms with Crippen molar-refractivity contribution in [3.63, 3.8) is 0 Å². The Morgan fingerprint density at radius 2 is 1.80 bits per heavy atom. The second kappa shape index (κ2) is 6.79. The van der Waals surface area contributed by atoms with Gasteiger partial charge < -0.3 is 0 Å². The van der Waals surface area contributed by atoms with Crippen LogP contribution in [0.4, 0.5) is 10.8 Å². The van der Waals surface area contributed by atoms with E-state index in [1.165, 1.54) is 18.2 Å². The first-order valence-corrected chi connectivity index (χ1v) is 9.59. The normalized spacial score (nSPS) is 11.2. The first-order chi connectivity index (χ1) is 11.9. The summed E-state index contributed by atoms with van der Waals surface area (Å²) >= 11 is 7.16. The first kappa shape index (κ1) is 17.3. The molecule has 10 heteroatoms. The van der Waals surface area contributed by atoms with Crippen LogP contribution in [0, 0.1) is 10.1 Å². The fourth-order valence-electron chi connectivity index (χ4n) is 2.12. The van der Waals surface area contributed by atoms with Crippen LogP contribution in [0.15, 0.2) is 58.8 Å². The van der Waals surface area contributed by atoms with Gasteiger partial charge in [0.2, 0.25) is 0 Å². The van der Waals surface area contributed by atoms with E-state index in [0.29, 0.717) is 16.3 Å². The molecule has 0 saturated heterocycles. The van der Waals surface area contributed by atoms with Crippen molar-refractivity contribution in [3.8, 4) is 11.3 Å². The Kier molecular flexibility index (Phi) is 4.71. The summed E-state index contributed by atoms with van der Waals surface area (Å²) in [7, 11) is -4.14. The van der Waals surface area contributed by atoms with E-state index in [9.17, 15) is 18.5 Å². The van der Waals surface area contributed by atoms with Crippen LogP contribution in [-0.2, 0) is 10.0 Å². The molecule has 3 rings (SSSR count). The smallest absolute Gasteiger partial charge is 0.258 e. The number of sulfonamides is 1. The molecule has 0 aliphatic rings. The van der Waals surface area contributed by atoms with Gasteiger partial charge in [-0.3, -0.25) is 14.8 Å². The first-order valence-electron chi connectivity index (χ1n) is 6.85. The van der Waals surface area contributed by atoms with Crippen LogP contribution >= 0.6 is 22.9 Å². The Hall–Kier alpha value is -2.49. The van der Waals surface area contributed by atoms with Gasteiger partial charge in [0.25, 0.3) is 15.7 Å². The van der Waals surface area contributed by atoms with Gasteiger partial charge >= 0.3 is 0 Å². The standard InChI is InChI=1S/C15H10ClN3O4S2/c16-11-6-2-1-5-10(11)12-9-24-15(17-12)18-25(22,23)14-8-4-3-7-13(14)19(20)21/h1-9H,(H,17,18). The van der Waals surface area contributed by atoms with E-state index >= 15 is 0 Å². The van der Waals surface area contributed by atoms with Crippen molar-refractivity contribution < 1.29 is 13.3 Å². The highest BCUT2D eigenvalue weighted by atomic mass is 35.5. The lowest BCUT2D eigenvalue weighted by molar-refractivity contribution is -0.387. The van der Waals surface area contributed by atoms with Crippen molar-refractivity contribution in [1.29, 1.82) is 0 Å². The maximum Gasteiger partial charge on any atom is 0.289 e. The lowest BCUT2D eigenvalue weighted by Crippen LogP contribution is -2.14. The SMILES string of the molecule is O=[N+]([O-])c1ccccc1S(=O)(=O)Nc1nc(-c2ccccc2Cl)cs1. The number of halogens is 1. The van der Waals surface area contributed by atoms with Crippen LogP contribution in [0.2, 0.25) is 5.02 Å². The van der Waals surface area contributed by atoms with Gasteiger partial charge in [0, 0.05) is 22.0 Å². The highest BCUT2D eigenvalue weighted by Crippen LogP contribution is 2.32. The molecule has 2 aromatic carbocycles. The average Bonchev–Trinajstić information content (AvgIpc) is 3.02. The van der Waals surface area contributed by atoms with Crippen molar-refractivity contribution in [2.45, 2.75) is 4.90 Å². The van der Waals surface area contributed by atoms with Gasteiger partial charge in [0.1, 0.15) is 0 Å². The number of anilines is 1. The molecular formula is C15H10ClN3O4S2. The van der Waals surface area contributed by atoms with Crippen LogP contribution in [0.25, 0.3) is 11.3 Å². The zero-order valence-electron chi connectivity index (χ0n) is 12.4. The molecule has 7 nitrogen and oxygen atoms in total. The lowest BCUT2D eigenvalue weighted by Gasteiger charge is -2.05. The van der Waals surface area contributed by atoms with Crippen LogP contribution in [0.3, 0.4) is 0 Å². The molecule has 0 fully saturated rings. The summed E-state index contributed by atoms with van der Waals surface area (Å²) < 4.78 is 27.2. The molecule has 128 valence electrons. The second-order valence-corrected chi connectivity index (χ2v) is 7.76. The molecule has 1 heterocycles. The molecule has 0 spiro atoms. The maximum absolute atomic E-state index is 12.5. The van der Waals surface area contributed by atoms with Crippen LogP contribution in [0.5, 0.6) is 0 Å². The van der Waals surface area contributed by atoms with E-state index in [-0.39, 0.29) is 5.13 Å². The fourth-order valence-corrected chi connectivity index (χ4v) is 4.49. The number of nitrogens with zero attached hydrogens (tertiary/aromatic N) is 2. The van der Waals surface area contributed by atoms with E-state index < -0.39 is 25.5 Å². The van der Waals surface area contributed by atoms with Crippen LogP contribution in [-0.4, -0.2) is 18.3 Å². The predicted molar refractivity (Wildman–Crippen MR) is 96.5 cm³/mol. The highest BCUT2D eigenvalue weighted by Gasteiger charge is 2.26. The summed E-state index contributed by atoms with van der Waals surface area (Å²) in [6.07, 6.45) is 0. The molecular weight excluding hydrogens is 386 g/mol. The summed E-state index contributed by atoms with van der Waals surface area (Å²) in [6, 6.07) is 12.1. The maximum atomic E-state index is 12.5. The number of thiazole rings is 1. The molecule has 0 aliphatic carbocycles. The van der Waals surface area contributed by atoms with E-state index in [1.54, 1.807) is 29.6 Å². The van der Waals surface area contributed by atoms with Gasteiger partial charge in [-0.1, -0.05) is 41.9 Å². The molecule has 0 bridgehead atoms. The number of hydrogen-bond acceptors (Lipinski definition) is 6. The zero-order valence-corrected chi connectivity index (χ0v) is 14.8. The minimum absolute atomic E-state index is 0.0908. The van der Waals surface area contributed by atoms with Gasteiger partial charge in [0.15, 0.2) is 10.0 Å². The molecule has 25 heavy (non-hydrogen) atoms. The number of rotatable bonds is 5. The average molecular weight is 396 g/mol. The molecule has 0 saturated carbocycles. The van der Waals surface area contributed by atoms with Gasteiger partial charge in [-0.25, -0.2) is 13.4 Å².